The summed E-state index contributed by atoms with van der Waals surface area (Å²) in [6.45, 7) is -1.08. The summed E-state index contributed by atoms with van der Waals surface area (Å²) in [4.78, 5) is 56.2. The Hall–Kier alpha value is -5.63. The van der Waals surface area contributed by atoms with Gasteiger partial charge in [0, 0.05) is 36.4 Å². The first-order valence-corrected chi connectivity index (χ1v) is 14.2. The SMILES string of the molecule is C#C.CNC(=O)C(=O)NCCNC(=O)c1ccc(Nc2nc(NC3(c4ccc(Cl)cc4)CC3)nc(OCC(F)(F)F)n2)cc1.COC=O. The summed E-state index contributed by atoms with van der Waals surface area (Å²) in [7, 11) is 2.64. The molecular formula is C30H32ClF3N8O6. The van der Waals surface area contributed by atoms with Crippen molar-refractivity contribution in [1.82, 2.24) is 30.9 Å². The smallest absolute Gasteiger partial charge is 0.422 e. The van der Waals surface area contributed by atoms with Crippen LogP contribution in [0.4, 0.5) is 30.8 Å². The van der Waals surface area contributed by atoms with Crippen molar-refractivity contribution in [2.75, 3.05) is 44.5 Å². The fourth-order valence-corrected chi connectivity index (χ4v) is 3.88. The van der Waals surface area contributed by atoms with E-state index in [4.69, 9.17) is 21.1 Å². The lowest BCUT2D eigenvalue weighted by molar-refractivity contribution is -0.154. The van der Waals surface area contributed by atoms with E-state index in [1.165, 1.54) is 26.3 Å². The molecule has 1 aromatic heterocycles. The highest BCUT2D eigenvalue weighted by molar-refractivity contribution is 6.35. The van der Waals surface area contributed by atoms with Crippen LogP contribution in [0.25, 0.3) is 0 Å². The monoisotopic (exact) mass is 692 g/mol. The molecule has 3 aromatic rings. The fourth-order valence-electron chi connectivity index (χ4n) is 3.75. The predicted molar refractivity (Wildman–Crippen MR) is 169 cm³/mol. The van der Waals surface area contributed by atoms with E-state index in [2.05, 4.69) is 59.1 Å². The number of methoxy groups -OCH3 is 1. The molecule has 2 aromatic carbocycles. The highest BCUT2D eigenvalue weighted by Gasteiger charge is 2.45. The number of amides is 3. The summed E-state index contributed by atoms with van der Waals surface area (Å²) in [5.41, 5.74) is 1.14. The average Bonchev–Trinajstić information content (AvgIpc) is 3.86. The van der Waals surface area contributed by atoms with Crippen LogP contribution in [0, 0.1) is 12.8 Å². The van der Waals surface area contributed by atoms with Gasteiger partial charge in [-0.25, -0.2) is 0 Å². The van der Waals surface area contributed by atoms with Gasteiger partial charge in [0.25, 0.3) is 12.4 Å². The van der Waals surface area contributed by atoms with E-state index < -0.39 is 42.1 Å². The standard InChI is InChI=1S/C26H26ClF3N8O4.C2H4O2.C2H2/c1-31-20(40)21(41)33-13-12-32-19(39)15-2-8-18(9-3-15)34-22-35-23(37-24(36-22)42-14-26(28,29)30)38-25(10-11-25)16-4-6-17(27)7-5-16;1-4-2-3;1-2/h2-9H,10-14H2,1H3,(H,31,40)(H,32,39)(H,33,41)(H2,34,35,36,37,38);2H,1H3;1-2H. The number of nitrogens with one attached hydrogen (secondary N) is 5. The van der Waals surface area contributed by atoms with Crippen LogP contribution in [-0.2, 0) is 24.7 Å². The van der Waals surface area contributed by atoms with Crippen molar-refractivity contribution in [3.05, 3.63) is 64.7 Å². The predicted octanol–water partition coefficient (Wildman–Crippen LogP) is 2.94. The number of carbonyl (C=O) groups is 4. The molecule has 5 N–H and O–H groups in total. The van der Waals surface area contributed by atoms with Crippen LogP contribution in [0.3, 0.4) is 0 Å². The molecule has 3 amide bonds. The van der Waals surface area contributed by atoms with Crippen molar-refractivity contribution in [3.8, 4) is 18.9 Å². The number of hydrogen-bond acceptors (Lipinski definition) is 11. The lowest BCUT2D eigenvalue weighted by atomic mass is 10.1. The average molecular weight is 693 g/mol. The minimum atomic E-state index is -4.60. The second-order valence-corrected chi connectivity index (χ2v) is 9.94. The summed E-state index contributed by atoms with van der Waals surface area (Å²) in [5, 5.41) is 13.8. The number of ether oxygens (including phenoxy) is 2. The van der Waals surface area contributed by atoms with Gasteiger partial charge in [0.2, 0.25) is 11.9 Å². The minimum absolute atomic E-state index is 0.0108. The number of rotatable bonds is 12. The molecule has 0 radical (unpaired) electrons. The Balaban J connectivity index is 0.00000124. The molecule has 18 heteroatoms. The Morgan fingerprint density at radius 1 is 0.938 bits per heavy atom. The van der Waals surface area contributed by atoms with Gasteiger partial charge in [-0.05, 0) is 54.8 Å². The molecule has 1 fully saturated rings. The van der Waals surface area contributed by atoms with Crippen molar-refractivity contribution in [3.63, 3.8) is 0 Å². The van der Waals surface area contributed by atoms with Crippen LogP contribution in [0.2, 0.25) is 5.02 Å². The van der Waals surface area contributed by atoms with Gasteiger partial charge in [0.1, 0.15) is 0 Å². The van der Waals surface area contributed by atoms with Gasteiger partial charge in [-0.3, -0.25) is 19.2 Å². The summed E-state index contributed by atoms with van der Waals surface area (Å²) < 4.78 is 47.1. The van der Waals surface area contributed by atoms with Crippen LogP contribution in [0.5, 0.6) is 6.01 Å². The molecule has 0 atom stereocenters. The zero-order chi connectivity index (χ0) is 35.7. The minimum Gasteiger partial charge on any atom is -0.471 e. The van der Waals surface area contributed by atoms with Crippen LogP contribution in [-0.4, -0.2) is 79.2 Å². The van der Waals surface area contributed by atoms with Crippen molar-refractivity contribution in [2.24, 2.45) is 0 Å². The van der Waals surface area contributed by atoms with Crippen molar-refractivity contribution in [2.45, 2.75) is 24.6 Å². The van der Waals surface area contributed by atoms with E-state index in [0.717, 1.165) is 18.4 Å². The van der Waals surface area contributed by atoms with Gasteiger partial charge in [-0.1, -0.05) is 23.7 Å². The molecule has 4 rings (SSSR count). The number of likely N-dealkylation sites (N-methyl/N-ethyl adjacent to an activating group) is 1. The van der Waals surface area contributed by atoms with Crippen LogP contribution in [0.1, 0.15) is 28.8 Å². The molecule has 0 bridgehead atoms. The zero-order valence-electron chi connectivity index (χ0n) is 25.7. The van der Waals surface area contributed by atoms with E-state index >= 15 is 0 Å². The summed E-state index contributed by atoms with van der Waals surface area (Å²) in [6.07, 6.45) is 4.89. The summed E-state index contributed by atoms with van der Waals surface area (Å²) in [5.74, 6) is -2.11. The maximum Gasteiger partial charge on any atom is 0.422 e. The van der Waals surface area contributed by atoms with Gasteiger partial charge >= 0.3 is 24.0 Å². The molecule has 48 heavy (non-hydrogen) atoms. The number of nitrogens with zero attached hydrogens (tertiary/aromatic N) is 3. The molecule has 14 nitrogen and oxygen atoms in total. The Bertz CT molecular complexity index is 1550. The third-order valence-corrected chi connectivity index (χ3v) is 6.36. The van der Waals surface area contributed by atoms with Crippen molar-refractivity contribution >= 4 is 53.4 Å². The second-order valence-electron chi connectivity index (χ2n) is 9.51. The molecular weight excluding hydrogens is 661 g/mol. The van der Waals surface area contributed by atoms with Gasteiger partial charge in [0.15, 0.2) is 6.61 Å². The Morgan fingerprint density at radius 3 is 2.06 bits per heavy atom. The van der Waals surface area contributed by atoms with Crippen LogP contribution < -0.4 is 31.3 Å². The van der Waals surface area contributed by atoms with Gasteiger partial charge in [-0.15, -0.1) is 12.8 Å². The van der Waals surface area contributed by atoms with Crippen LogP contribution in [0.15, 0.2) is 48.5 Å². The molecule has 0 aliphatic heterocycles. The summed E-state index contributed by atoms with van der Waals surface area (Å²) >= 11 is 5.99. The Morgan fingerprint density at radius 2 is 1.52 bits per heavy atom. The van der Waals surface area contributed by atoms with E-state index in [1.807, 2.05) is 12.1 Å². The highest BCUT2D eigenvalue weighted by atomic mass is 35.5. The first-order valence-electron chi connectivity index (χ1n) is 13.8. The largest absolute Gasteiger partial charge is 0.471 e. The quantitative estimate of drug-likeness (QED) is 0.0814. The molecule has 0 unspecified atom stereocenters. The Labute approximate surface area is 278 Å². The summed E-state index contributed by atoms with van der Waals surface area (Å²) in [6, 6.07) is 12.8. The number of alkyl halides is 3. The van der Waals surface area contributed by atoms with E-state index in [9.17, 15) is 27.6 Å². The number of anilines is 3. The van der Waals surface area contributed by atoms with E-state index in [0.29, 0.717) is 22.7 Å². The number of halogens is 4. The highest BCUT2D eigenvalue weighted by Crippen LogP contribution is 2.48. The van der Waals surface area contributed by atoms with Crippen molar-refractivity contribution in [1.29, 1.82) is 0 Å². The maximum absolute atomic E-state index is 12.8. The third kappa shape index (κ3) is 12.6. The number of carbonyl (C=O) groups excluding carboxylic acids is 4. The molecule has 1 aliphatic carbocycles. The normalized spacial score (nSPS) is 12.2. The first kappa shape index (κ1) is 38.6. The lowest BCUT2D eigenvalue weighted by Crippen LogP contribution is -2.41. The van der Waals surface area contributed by atoms with Gasteiger partial charge in [0.05, 0.1) is 12.6 Å². The van der Waals surface area contributed by atoms with Crippen LogP contribution >= 0.6 is 11.6 Å². The Kier molecular flexibility index (Phi) is 14.9. The third-order valence-electron chi connectivity index (χ3n) is 6.11. The first-order chi connectivity index (χ1) is 22.9. The number of terminal acetylenes is 1. The molecule has 256 valence electrons. The van der Waals surface area contributed by atoms with Gasteiger partial charge in [-0.2, -0.15) is 28.1 Å². The second kappa shape index (κ2) is 18.5. The zero-order valence-corrected chi connectivity index (χ0v) is 26.4. The molecule has 1 heterocycles. The van der Waals surface area contributed by atoms with Crippen molar-refractivity contribution < 1.29 is 41.8 Å². The molecule has 0 spiro atoms. The number of hydrogen-bond donors (Lipinski definition) is 5. The molecule has 1 aliphatic rings. The lowest BCUT2D eigenvalue weighted by Gasteiger charge is -2.19. The van der Waals surface area contributed by atoms with E-state index in [1.54, 1.807) is 24.3 Å². The molecule has 0 saturated heterocycles. The maximum atomic E-state index is 12.8. The number of aromatic nitrogens is 3. The molecule has 1 saturated carbocycles. The fraction of sp³-hybridized carbons (Fsp3) is 0.300. The number of benzene rings is 2. The van der Waals surface area contributed by atoms with E-state index in [-0.39, 0.29) is 25.0 Å². The van der Waals surface area contributed by atoms with Gasteiger partial charge < -0.3 is 36.1 Å². The topological polar surface area (TPSA) is 186 Å².